The zero-order valence-electron chi connectivity index (χ0n) is 16.7. The van der Waals surface area contributed by atoms with Gasteiger partial charge >= 0.3 is 0 Å². The van der Waals surface area contributed by atoms with E-state index in [0.29, 0.717) is 11.7 Å². The summed E-state index contributed by atoms with van der Waals surface area (Å²) < 4.78 is 7.24. The number of methoxy groups -OCH3 is 1. The maximum atomic E-state index is 12.6. The minimum atomic E-state index is 0.0944. The van der Waals surface area contributed by atoms with Gasteiger partial charge in [0, 0.05) is 17.7 Å². The number of hydrogen-bond acceptors (Lipinski definition) is 5. The minimum absolute atomic E-state index is 0.0944. The predicted molar refractivity (Wildman–Crippen MR) is 113 cm³/mol. The summed E-state index contributed by atoms with van der Waals surface area (Å²) in [5.74, 6) is 2.48. The molecule has 1 aromatic heterocycles. The summed E-state index contributed by atoms with van der Waals surface area (Å²) in [5.41, 5.74) is 2.94. The zero-order chi connectivity index (χ0) is 20.1. The number of ketones is 1. The maximum absolute atomic E-state index is 12.6. The fourth-order valence-corrected chi connectivity index (χ4v) is 3.80. The van der Waals surface area contributed by atoms with Crippen LogP contribution in [0.2, 0.25) is 0 Å². The van der Waals surface area contributed by atoms with Gasteiger partial charge in [-0.1, -0.05) is 49.9 Å². The van der Waals surface area contributed by atoms with Crippen molar-refractivity contribution in [2.45, 2.75) is 38.4 Å². The summed E-state index contributed by atoms with van der Waals surface area (Å²) >= 11 is 1.42. The van der Waals surface area contributed by atoms with Crippen molar-refractivity contribution in [3.8, 4) is 17.1 Å². The number of hydrogen-bond donors (Lipinski definition) is 0. The zero-order valence-corrected chi connectivity index (χ0v) is 17.5. The standard InChI is InChI=1S/C22H25N3O2S/c1-5-25-21(18-10-12-19(27-4)13-11-18)23-24-22(25)28-14-20(26)17-8-6-16(7-9-17)15(2)3/h6-13,15H,5,14H2,1-4H3. The van der Waals surface area contributed by atoms with E-state index in [4.69, 9.17) is 4.74 Å². The van der Waals surface area contributed by atoms with Gasteiger partial charge in [0.2, 0.25) is 0 Å². The van der Waals surface area contributed by atoms with Gasteiger partial charge in [0.15, 0.2) is 16.8 Å². The Labute approximate surface area is 170 Å². The van der Waals surface area contributed by atoms with Crippen LogP contribution >= 0.6 is 11.8 Å². The lowest BCUT2D eigenvalue weighted by Crippen LogP contribution is -2.05. The minimum Gasteiger partial charge on any atom is -0.497 e. The highest BCUT2D eigenvalue weighted by atomic mass is 32.2. The largest absolute Gasteiger partial charge is 0.497 e. The number of benzene rings is 2. The highest BCUT2D eigenvalue weighted by molar-refractivity contribution is 7.99. The van der Waals surface area contributed by atoms with Crippen molar-refractivity contribution in [1.29, 1.82) is 0 Å². The Morgan fingerprint density at radius 3 is 2.32 bits per heavy atom. The summed E-state index contributed by atoms with van der Waals surface area (Å²) in [7, 11) is 1.64. The average Bonchev–Trinajstić information content (AvgIpc) is 3.15. The molecule has 146 valence electrons. The Morgan fingerprint density at radius 2 is 1.75 bits per heavy atom. The molecule has 0 atom stereocenters. The van der Waals surface area contributed by atoms with E-state index in [-0.39, 0.29) is 5.78 Å². The summed E-state index contributed by atoms with van der Waals surface area (Å²) in [6.07, 6.45) is 0. The molecule has 0 bridgehead atoms. The molecule has 0 aliphatic rings. The monoisotopic (exact) mass is 395 g/mol. The molecule has 0 saturated heterocycles. The van der Waals surface area contributed by atoms with Crippen LogP contribution in [0.3, 0.4) is 0 Å². The SMILES string of the molecule is CCn1c(SCC(=O)c2ccc(C(C)C)cc2)nnc1-c1ccc(OC)cc1. The van der Waals surface area contributed by atoms with E-state index >= 15 is 0 Å². The Balaban J connectivity index is 1.72. The molecule has 0 saturated carbocycles. The van der Waals surface area contributed by atoms with Crippen LogP contribution in [-0.4, -0.2) is 33.4 Å². The van der Waals surface area contributed by atoms with Gasteiger partial charge in [-0.25, -0.2) is 0 Å². The molecule has 3 aromatic rings. The molecular weight excluding hydrogens is 370 g/mol. The van der Waals surface area contributed by atoms with Crippen molar-refractivity contribution < 1.29 is 9.53 Å². The molecule has 0 aliphatic carbocycles. The number of nitrogens with zero attached hydrogens (tertiary/aromatic N) is 3. The quantitative estimate of drug-likeness (QED) is 0.394. The van der Waals surface area contributed by atoms with Crippen molar-refractivity contribution in [2.75, 3.05) is 12.9 Å². The molecule has 0 amide bonds. The van der Waals surface area contributed by atoms with Crippen LogP contribution in [0, 0.1) is 0 Å². The normalized spacial score (nSPS) is 11.0. The lowest BCUT2D eigenvalue weighted by molar-refractivity contribution is 0.102. The van der Waals surface area contributed by atoms with E-state index in [2.05, 4.69) is 24.0 Å². The maximum Gasteiger partial charge on any atom is 0.191 e. The van der Waals surface area contributed by atoms with Crippen LogP contribution in [-0.2, 0) is 6.54 Å². The number of rotatable bonds is 8. The summed E-state index contributed by atoms with van der Waals surface area (Å²) in [5, 5.41) is 9.39. The second-order valence-corrected chi connectivity index (χ2v) is 7.71. The van der Waals surface area contributed by atoms with Gasteiger partial charge in [-0.2, -0.15) is 0 Å². The predicted octanol–water partition coefficient (Wildman–Crippen LogP) is 5.07. The van der Waals surface area contributed by atoms with Gasteiger partial charge in [-0.15, -0.1) is 10.2 Å². The van der Waals surface area contributed by atoms with Gasteiger partial charge in [0.05, 0.1) is 12.9 Å². The van der Waals surface area contributed by atoms with E-state index < -0.39 is 0 Å². The van der Waals surface area contributed by atoms with Crippen molar-refractivity contribution in [3.63, 3.8) is 0 Å². The smallest absolute Gasteiger partial charge is 0.191 e. The Kier molecular flexibility index (Phi) is 6.52. The number of carbonyl (C=O) groups is 1. The van der Waals surface area contributed by atoms with Gasteiger partial charge in [0.1, 0.15) is 5.75 Å². The molecule has 0 aliphatic heterocycles. The van der Waals surface area contributed by atoms with E-state index in [1.165, 1.54) is 17.3 Å². The molecule has 0 fully saturated rings. The molecule has 0 N–H and O–H groups in total. The molecule has 28 heavy (non-hydrogen) atoms. The van der Waals surface area contributed by atoms with Gasteiger partial charge < -0.3 is 9.30 Å². The van der Waals surface area contributed by atoms with Crippen molar-refractivity contribution in [3.05, 3.63) is 59.7 Å². The van der Waals surface area contributed by atoms with E-state index in [1.54, 1.807) is 7.11 Å². The Morgan fingerprint density at radius 1 is 1.07 bits per heavy atom. The molecule has 0 radical (unpaired) electrons. The van der Waals surface area contributed by atoms with Crippen molar-refractivity contribution >= 4 is 17.5 Å². The highest BCUT2D eigenvalue weighted by Gasteiger charge is 2.15. The molecule has 3 rings (SSSR count). The molecule has 0 unspecified atom stereocenters. The third-order valence-electron chi connectivity index (χ3n) is 4.61. The van der Waals surface area contributed by atoms with Crippen LogP contribution < -0.4 is 4.74 Å². The first kappa shape index (κ1) is 20.1. The highest BCUT2D eigenvalue weighted by Crippen LogP contribution is 2.26. The number of aromatic nitrogens is 3. The van der Waals surface area contributed by atoms with Crippen molar-refractivity contribution in [2.24, 2.45) is 0 Å². The van der Waals surface area contributed by atoms with Gasteiger partial charge in [-0.05, 0) is 42.7 Å². The van der Waals surface area contributed by atoms with E-state index in [1.807, 2.05) is 60.0 Å². The van der Waals surface area contributed by atoms with E-state index in [0.717, 1.165) is 34.4 Å². The van der Waals surface area contributed by atoms with Crippen molar-refractivity contribution in [1.82, 2.24) is 14.8 Å². The van der Waals surface area contributed by atoms with Crippen LogP contribution in [0.1, 0.15) is 42.6 Å². The Hall–Kier alpha value is -2.60. The lowest BCUT2D eigenvalue weighted by atomic mass is 10.0. The van der Waals surface area contributed by atoms with Crippen LogP contribution in [0.5, 0.6) is 5.75 Å². The van der Waals surface area contributed by atoms with Crippen LogP contribution in [0.15, 0.2) is 53.7 Å². The number of carbonyl (C=O) groups excluding carboxylic acids is 1. The van der Waals surface area contributed by atoms with Crippen LogP contribution in [0.25, 0.3) is 11.4 Å². The molecular formula is C22H25N3O2S. The summed E-state index contributed by atoms with van der Waals surface area (Å²) in [6, 6.07) is 15.6. The third kappa shape index (κ3) is 4.44. The molecule has 0 spiro atoms. The Bertz CT molecular complexity index is 931. The first-order valence-electron chi connectivity index (χ1n) is 9.37. The third-order valence-corrected chi connectivity index (χ3v) is 5.58. The fraction of sp³-hybridized carbons (Fsp3) is 0.318. The first-order chi connectivity index (χ1) is 13.5. The molecule has 1 heterocycles. The van der Waals surface area contributed by atoms with Crippen LogP contribution in [0.4, 0.5) is 0 Å². The number of thioether (sulfide) groups is 1. The lowest BCUT2D eigenvalue weighted by Gasteiger charge is -2.08. The summed E-state index contributed by atoms with van der Waals surface area (Å²) in [6.45, 7) is 7.07. The number of ether oxygens (including phenoxy) is 1. The van der Waals surface area contributed by atoms with Gasteiger partial charge in [0.25, 0.3) is 0 Å². The molecule has 5 nitrogen and oxygen atoms in total. The van der Waals surface area contributed by atoms with Gasteiger partial charge in [-0.3, -0.25) is 4.79 Å². The fourth-order valence-electron chi connectivity index (χ4n) is 2.90. The second-order valence-electron chi connectivity index (χ2n) is 6.77. The summed E-state index contributed by atoms with van der Waals surface area (Å²) in [4.78, 5) is 12.6. The molecule has 6 heteroatoms. The topological polar surface area (TPSA) is 57.0 Å². The first-order valence-corrected chi connectivity index (χ1v) is 10.4. The van der Waals surface area contributed by atoms with E-state index in [9.17, 15) is 4.79 Å². The average molecular weight is 396 g/mol. The molecule has 2 aromatic carbocycles. The second kappa shape index (κ2) is 9.06. The number of Topliss-reactive ketones (excluding diaryl/α,β-unsaturated/α-hetero) is 1.